The third-order valence-corrected chi connectivity index (χ3v) is 4.61. The maximum Gasteiger partial charge on any atom is 0.0411 e. The largest absolute Gasteiger partial charge is 0.309 e. The van der Waals surface area contributed by atoms with Crippen molar-refractivity contribution in [1.82, 2.24) is 5.32 Å². The van der Waals surface area contributed by atoms with E-state index < -0.39 is 0 Å². The summed E-state index contributed by atoms with van der Waals surface area (Å²) in [4.78, 5) is 0. The Morgan fingerprint density at radius 1 is 1.31 bits per heavy atom. The van der Waals surface area contributed by atoms with E-state index in [1.807, 2.05) is 0 Å². The van der Waals surface area contributed by atoms with Crippen LogP contribution in [0.2, 0.25) is 0 Å². The van der Waals surface area contributed by atoms with Gasteiger partial charge in [-0.1, -0.05) is 38.1 Å². The van der Waals surface area contributed by atoms with Crippen LogP contribution in [0.3, 0.4) is 0 Å². The van der Waals surface area contributed by atoms with E-state index in [4.69, 9.17) is 0 Å². The van der Waals surface area contributed by atoms with Crippen LogP contribution >= 0.6 is 11.8 Å². The van der Waals surface area contributed by atoms with E-state index >= 15 is 0 Å². The molecule has 1 aromatic rings. The van der Waals surface area contributed by atoms with Gasteiger partial charge in [0, 0.05) is 17.0 Å². The van der Waals surface area contributed by atoms with Gasteiger partial charge in [0.1, 0.15) is 0 Å². The summed E-state index contributed by atoms with van der Waals surface area (Å²) in [6.45, 7) is 5.68. The standard InChI is InChI=1S/C14H21NS/c1-3-12-4-6-13(7-5-12)14-10-16-11(2)8-9-15-14/h4-7,11,14-15H,3,8-10H2,1-2H3. The Kier molecular flexibility index (Phi) is 4.30. The summed E-state index contributed by atoms with van der Waals surface area (Å²) in [6.07, 6.45) is 2.42. The van der Waals surface area contributed by atoms with Gasteiger partial charge in [-0.15, -0.1) is 0 Å². The van der Waals surface area contributed by atoms with Crippen LogP contribution in [0.4, 0.5) is 0 Å². The van der Waals surface area contributed by atoms with Crippen LogP contribution < -0.4 is 5.32 Å². The van der Waals surface area contributed by atoms with Gasteiger partial charge in [-0.2, -0.15) is 11.8 Å². The summed E-state index contributed by atoms with van der Waals surface area (Å²) in [5, 5.41) is 4.44. The van der Waals surface area contributed by atoms with Crippen molar-refractivity contribution >= 4 is 11.8 Å². The fourth-order valence-electron chi connectivity index (χ4n) is 2.06. The lowest BCUT2D eigenvalue weighted by atomic mass is 10.0. The van der Waals surface area contributed by atoms with E-state index in [0.29, 0.717) is 6.04 Å². The molecule has 2 unspecified atom stereocenters. The molecule has 1 aromatic carbocycles. The van der Waals surface area contributed by atoms with Gasteiger partial charge in [0.25, 0.3) is 0 Å². The van der Waals surface area contributed by atoms with Crippen molar-refractivity contribution in [2.24, 2.45) is 0 Å². The maximum absolute atomic E-state index is 3.64. The zero-order valence-electron chi connectivity index (χ0n) is 10.2. The first-order chi connectivity index (χ1) is 7.79. The monoisotopic (exact) mass is 235 g/mol. The van der Waals surface area contributed by atoms with Crippen LogP contribution in [0.1, 0.15) is 37.4 Å². The molecule has 1 fully saturated rings. The van der Waals surface area contributed by atoms with Gasteiger partial charge in [-0.3, -0.25) is 0 Å². The van der Waals surface area contributed by atoms with Crippen LogP contribution in [-0.2, 0) is 6.42 Å². The summed E-state index contributed by atoms with van der Waals surface area (Å²) in [5.74, 6) is 1.20. The number of hydrogen-bond donors (Lipinski definition) is 1. The van der Waals surface area contributed by atoms with Crippen molar-refractivity contribution in [3.63, 3.8) is 0 Å². The summed E-state index contributed by atoms with van der Waals surface area (Å²) >= 11 is 2.09. The first-order valence-corrected chi connectivity index (χ1v) is 7.28. The van der Waals surface area contributed by atoms with Crippen molar-refractivity contribution < 1.29 is 0 Å². The normalized spacial score (nSPS) is 26.4. The molecule has 2 rings (SSSR count). The Hall–Kier alpha value is -0.470. The van der Waals surface area contributed by atoms with Crippen LogP contribution in [-0.4, -0.2) is 17.5 Å². The first-order valence-electron chi connectivity index (χ1n) is 6.23. The fraction of sp³-hybridized carbons (Fsp3) is 0.571. The molecule has 1 nitrogen and oxygen atoms in total. The van der Waals surface area contributed by atoms with E-state index in [9.17, 15) is 0 Å². The molecule has 1 aliphatic heterocycles. The van der Waals surface area contributed by atoms with E-state index in [1.54, 1.807) is 0 Å². The molecule has 0 saturated carbocycles. The molecule has 0 bridgehead atoms. The predicted molar refractivity (Wildman–Crippen MR) is 73.1 cm³/mol. The van der Waals surface area contributed by atoms with Gasteiger partial charge < -0.3 is 5.32 Å². The van der Waals surface area contributed by atoms with Gasteiger partial charge in [0.2, 0.25) is 0 Å². The second-order valence-electron chi connectivity index (χ2n) is 4.53. The lowest BCUT2D eigenvalue weighted by Gasteiger charge is -2.16. The van der Waals surface area contributed by atoms with Crippen LogP contribution in [0.5, 0.6) is 0 Å². The second-order valence-corrected chi connectivity index (χ2v) is 6.01. The highest BCUT2D eigenvalue weighted by Crippen LogP contribution is 2.26. The third-order valence-electron chi connectivity index (χ3n) is 3.28. The lowest BCUT2D eigenvalue weighted by molar-refractivity contribution is 0.578. The Morgan fingerprint density at radius 2 is 2.06 bits per heavy atom. The van der Waals surface area contributed by atoms with Gasteiger partial charge in [0.05, 0.1) is 0 Å². The molecule has 0 aromatic heterocycles. The van der Waals surface area contributed by atoms with Crippen LogP contribution in [0.15, 0.2) is 24.3 Å². The van der Waals surface area contributed by atoms with Crippen LogP contribution in [0.25, 0.3) is 0 Å². The van der Waals surface area contributed by atoms with Gasteiger partial charge in [-0.05, 0) is 30.5 Å². The zero-order chi connectivity index (χ0) is 11.4. The number of hydrogen-bond acceptors (Lipinski definition) is 2. The van der Waals surface area contributed by atoms with E-state index in [1.165, 1.54) is 23.3 Å². The molecule has 1 N–H and O–H groups in total. The summed E-state index contributed by atoms with van der Waals surface area (Å²) in [5.41, 5.74) is 2.87. The highest BCUT2D eigenvalue weighted by molar-refractivity contribution is 7.99. The molecule has 0 spiro atoms. The molecule has 0 aliphatic carbocycles. The molecule has 16 heavy (non-hydrogen) atoms. The SMILES string of the molecule is CCc1ccc(C2CSC(C)CCN2)cc1. The van der Waals surface area contributed by atoms with Crippen LogP contribution in [0, 0.1) is 0 Å². The summed E-state index contributed by atoms with van der Waals surface area (Å²) in [7, 11) is 0. The quantitative estimate of drug-likeness (QED) is 0.843. The maximum atomic E-state index is 3.64. The minimum atomic E-state index is 0.542. The number of nitrogens with one attached hydrogen (secondary N) is 1. The van der Waals surface area contributed by atoms with Crippen molar-refractivity contribution in [3.8, 4) is 0 Å². The Morgan fingerprint density at radius 3 is 2.75 bits per heavy atom. The lowest BCUT2D eigenvalue weighted by Crippen LogP contribution is -2.22. The topological polar surface area (TPSA) is 12.0 Å². The molecule has 88 valence electrons. The molecule has 0 amide bonds. The molecule has 2 heteroatoms. The van der Waals surface area contributed by atoms with Gasteiger partial charge in [0.15, 0.2) is 0 Å². The highest BCUT2D eigenvalue weighted by Gasteiger charge is 2.16. The van der Waals surface area contributed by atoms with Crippen molar-refractivity contribution in [3.05, 3.63) is 35.4 Å². The molecule has 1 aliphatic rings. The average molecular weight is 235 g/mol. The van der Waals surface area contributed by atoms with Crippen molar-refractivity contribution in [2.45, 2.75) is 38.0 Å². The first kappa shape index (κ1) is 12.0. The smallest absolute Gasteiger partial charge is 0.0411 e. The Bertz CT molecular complexity index is 320. The van der Waals surface area contributed by atoms with Gasteiger partial charge in [-0.25, -0.2) is 0 Å². The summed E-state index contributed by atoms with van der Waals surface area (Å²) in [6, 6.07) is 9.63. The molecular formula is C14H21NS. The molecule has 2 atom stereocenters. The van der Waals surface area contributed by atoms with E-state index in [-0.39, 0.29) is 0 Å². The highest BCUT2D eigenvalue weighted by atomic mass is 32.2. The van der Waals surface area contributed by atoms with Gasteiger partial charge >= 0.3 is 0 Å². The Balaban J connectivity index is 2.04. The number of rotatable bonds is 2. The van der Waals surface area contributed by atoms with Crippen molar-refractivity contribution in [2.75, 3.05) is 12.3 Å². The minimum Gasteiger partial charge on any atom is -0.309 e. The number of benzene rings is 1. The number of aryl methyl sites for hydroxylation is 1. The third kappa shape index (κ3) is 3.02. The zero-order valence-corrected chi connectivity index (χ0v) is 11.0. The molecule has 1 saturated heterocycles. The summed E-state index contributed by atoms with van der Waals surface area (Å²) < 4.78 is 0. The average Bonchev–Trinajstić information content (AvgIpc) is 2.54. The molecule has 1 heterocycles. The van der Waals surface area contributed by atoms with E-state index in [2.05, 4.69) is 55.2 Å². The second kappa shape index (κ2) is 5.74. The predicted octanol–water partition coefficient (Wildman–Crippen LogP) is 3.41. The molecular weight excluding hydrogens is 214 g/mol. The fourth-order valence-corrected chi connectivity index (χ4v) is 3.18. The molecule has 0 radical (unpaired) electrons. The minimum absolute atomic E-state index is 0.542. The van der Waals surface area contributed by atoms with Crippen molar-refractivity contribution in [1.29, 1.82) is 0 Å². The Labute approximate surface area is 103 Å². The number of thioether (sulfide) groups is 1. The van der Waals surface area contributed by atoms with E-state index in [0.717, 1.165) is 18.2 Å².